The SMILES string of the molecule is CCC(CC)(CNC(=O)C(C)C1CNC1)c1ccccc1. The van der Waals surface area contributed by atoms with Gasteiger partial charge in [-0.1, -0.05) is 51.1 Å². The van der Waals surface area contributed by atoms with E-state index in [4.69, 9.17) is 0 Å². The van der Waals surface area contributed by atoms with E-state index < -0.39 is 0 Å². The Bertz CT molecular complexity index is 450. The van der Waals surface area contributed by atoms with Crippen molar-refractivity contribution >= 4 is 5.91 Å². The van der Waals surface area contributed by atoms with Gasteiger partial charge in [-0.2, -0.15) is 0 Å². The molecule has 3 heteroatoms. The standard InChI is InChI=1S/C18H28N2O/c1-4-18(5-2,16-9-7-6-8-10-16)13-20-17(21)14(3)15-11-19-12-15/h6-10,14-15,19H,4-5,11-13H2,1-3H3,(H,20,21). The zero-order chi connectivity index (χ0) is 15.3. The molecule has 0 spiro atoms. The number of carbonyl (C=O) groups is 1. The highest BCUT2D eigenvalue weighted by molar-refractivity contribution is 5.78. The fraction of sp³-hybridized carbons (Fsp3) is 0.611. The van der Waals surface area contributed by atoms with E-state index in [1.54, 1.807) is 0 Å². The van der Waals surface area contributed by atoms with Gasteiger partial charge in [-0.25, -0.2) is 0 Å². The van der Waals surface area contributed by atoms with Gasteiger partial charge in [0.25, 0.3) is 0 Å². The van der Waals surface area contributed by atoms with Crippen LogP contribution in [0.25, 0.3) is 0 Å². The zero-order valence-electron chi connectivity index (χ0n) is 13.5. The summed E-state index contributed by atoms with van der Waals surface area (Å²) in [6, 6.07) is 10.6. The maximum absolute atomic E-state index is 12.3. The first-order chi connectivity index (χ1) is 10.1. The first-order valence-corrected chi connectivity index (χ1v) is 8.17. The summed E-state index contributed by atoms with van der Waals surface area (Å²) in [7, 11) is 0. The number of nitrogens with one attached hydrogen (secondary N) is 2. The number of benzene rings is 1. The van der Waals surface area contributed by atoms with E-state index in [0.717, 1.165) is 32.5 Å². The van der Waals surface area contributed by atoms with Crippen LogP contribution in [0.5, 0.6) is 0 Å². The first kappa shape index (κ1) is 16.0. The number of hydrogen-bond acceptors (Lipinski definition) is 2. The molecule has 1 unspecified atom stereocenters. The van der Waals surface area contributed by atoms with Gasteiger partial charge >= 0.3 is 0 Å². The summed E-state index contributed by atoms with van der Waals surface area (Å²) in [4.78, 5) is 12.3. The molecule has 0 aromatic heterocycles. The summed E-state index contributed by atoms with van der Waals surface area (Å²) in [5.41, 5.74) is 1.38. The van der Waals surface area contributed by atoms with Gasteiger partial charge in [0, 0.05) is 17.9 Å². The lowest BCUT2D eigenvalue weighted by Gasteiger charge is -2.35. The molecular weight excluding hydrogens is 260 g/mol. The number of rotatable bonds is 7. The largest absolute Gasteiger partial charge is 0.355 e. The van der Waals surface area contributed by atoms with Gasteiger partial charge in [0.05, 0.1) is 0 Å². The molecule has 1 aliphatic rings. The zero-order valence-corrected chi connectivity index (χ0v) is 13.5. The molecule has 0 bridgehead atoms. The van der Waals surface area contributed by atoms with Crippen LogP contribution in [-0.2, 0) is 10.2 Å². The van der Waals surface area contributed by atoms with E-state index in [9.17, 15) is 4.79 Å². The molecule has 21 heavy (non-hydrogen) atoms. The van der Waals surface area contributed by atoms with E-state index in [-0.39, 0.29) is 17.2 Å². The molecule has 1 amide bonds. The third kappa shape index (κ3) is 3.46. The summed E-state index contributed by atoms with van der Waals surface area (Å²) in [6.45, 7) is 9.14. The Balaban J connectivity index is 2.01. The molecule has 2 rings (SSSR count). The molecular formula is C18H28N2O. The van der Waals surface area contributed by atoms with Crippen molar-refractivity contribution in [2.45, 2.75) is 39.0 Å². The average Bonchev–Trinajstić information content (AvgIpc) is 2.48. The van der Waals surface area contributed by atoms with Crippen LogP contribution in [0.2, 0.25) is 0 Å². The molecule has 1 saturated heterocycles. The highest BCUT2D eigenvalue weighted by atomic mass is 16.1. The normalized spacial score (nSPS) is 17.1. The Morgan fingerprint density at radius 1 is 1.29 bits per heavy atom. The number of amides is 1. The van der Waals surface area contributed by atoms with Gasteiger partial charge < -0.3 is 10.6 Å². The third-order valence-corrected chi connectivity index (χ3v) is 5.27. The lowest BCUT2D eigenvalue weighted by atomic mass is 9.75. The Hall–Kier alpha value is -1.35. The van der Waals surface area contributed by atoms with Gasteiger partial charge in [-0.3, -0.25) is 4.79 Å². The summed E-state index contributed by atoms with van der Waals surface area (Å²) in [6.07, 6.45) is 2.07. The second-order valence-corrected chi connectivity index (χ2v) is 6.28. The van der Waals surface area contributed by atoms with Crippen molar-refractivity contribution in [3.05, 3.63) is 35.9 Å². The monoisotopic (exact) mass is 288 g/mol. The minimum atomic E-state index is 0.0501. The van der Waals surface area contributed by atoms with Crippen molar-refractivity contribution in [1.82, 2.24) is 10.6 Å². The lowest BCUT2D eigenvalue weighted by molar-refractivity contribution is -0.127. The summed E-state index contributed by atoms with van der Waals surface area (Å²) in [5.74, 6) is 0.802. The predicted molar refractivity (Wildman–Crippen MR) is 87.2 cm³/mol. The minimum absolute atomic E-state index is 0.0501. The van der Waals surface area contributed by atoms with Crippen LogP contribution in [0.3, 0.4) is 0 Å². The van der Waals surface area contributed by atoms with Gasteiger partial charge in [0.15, 0.2) is 0 Å². The molecule has 2 N–H and O–H groups in total. The van der Waals surface area contributed by atoms with Crippen molar-refractivity contribution in [2.75, 3.05) is 19.6 Å². The second kappa shape index (κ2) is 7.08. The summed E-state index contributed by atoms with van der Waals surface area (Å²) in [5, 5.41) is 6.44. The van der Waals surface area contributed by atoms with Crippen LogP contribution in [-0.4, -0.2) is 25.5 Å². The molecule has 1 atom stereocenters. The van der Waals surface area contributed by atoms with Crippen LogP contribution < -0.4 is 10.6 Å². The maximum Gasteiger partial charge on any atom is 0.223 e. The quantitative estimate of drug-likeness (QED) is 0.810. The Labute approximate surface area is 128 Å². The van der Waals surface area contributed by atoms with Crippen LogP contribution in [0, 0.1) is 11.8 Å². The second-order valence-electron chi connectivity index (χ2n) is 6.28. The Morgan fingerprint density at radius 2 is 1.90 bits per heavy atom. The smallest absolute Gasteiger partial charge is 0.223 e. The van der Waals surface area contributed by atoms with Crippen LogP contribution >= 0.6 is 0 Å². The van der Waals surface area contributed by atoms with Crippen LogP contribution in [0.4, 0.5) is 0 Å². The highest BCUT2D eigenvalue weighted by Crippen LogP contribution is 2.31. The highest BCUT2D eigenvalue weighted by Gasteiger charge is 2.32. The van der Waals surface area contributed by atoms with Crippen molar-refractivity contribution < 1.29 is 4.79 Å². The molecule has 3 nitrogen and oxygen atoms in total. The fourth-order valence-electron chi connectivity index (χ4n) is 3.10. The molecule has 1 aliphatic heterocycles. The van der Waals surface area contributed by atoms with Crippen molar-refractivity contribution in [3.8, 4) is 0 Å². The van der Waals surface area contributed by atoms with Gasteiger partial charge in [-0.15, -0.1) is 0 Å². The van der Waals surface area contributed by atoms with Crippen molar-refractivity contribution in [3.63, 3.8) is 0 Å². The Morgan fingerprint density at radius 3 is 2.38 bits per heavy atom. The lowest BCUT2D eigenvalue weighted by Crippen LogP contribution is -2.51. The third-order valence-electron chi connectivity index (χ3n) is 5.27. The molecule has 0 radical (unpaired) electrons. The van der Waals surface area contributed by atoms with Crippen molar-refractivity contribution in [1.29, 1.82) is 0 Å². The molecule has 0 saturated carbocycles. The predicted octanol–water partition coefficient (Wildman–Crippen LogP) is 2.72. The Kier molecular flexibility index (Phi) is 5.40. The van der Waals surface area contributed by atoms with Gasteiger partial charge in [0.1, 0.15) is 0 Å². The molecule has 116 valence electrons. The van der Waals surface area contributed by atoms with Gasteiger partial charge in [0.2, 0.25) is 5.91 Å². The molecule has 1 aromatic carbocycles. The van der Waals surface area contributed by atoms with E-state index in [1.165, 1.54) is 5.56 Å². The summed E-state index contributed by atoms with van der Waals surface area (Å²) < 4.78 is 0. The van der Waals surface area contributed by atoms with E-state index in [2.05, 4.69) is 48.7 Å². The van der Waals surface area contributed by atoms with E-state index >= 15 is 0 Å². The van der Waals surface area contributed by atoms with Crippen molar-refractivity contribution in [2.24, 2.45) is 11.8 Å². The molecule has 1 heterocycles. The van der Waals surface area contributed by atoms with E-state index in [0.29, 0.717) is 5.92 Å². The topological polar surface area (TPSA) is 41.1 Å². The van der Waals surface area contributed by atoms with Gasteiger partial charge in [-0.05, 0) is 37.4 Å². The minimum Gasteiger partial charge on any atom is -0.355 e. The van der Waals surface area contributed by atoms with E-state index in [1.807, 2.05) is 13.0 Å². The fourth-order valence-corrected chi connectivity index (χ4v) is 3.10. The number of carbonyl (C=O) groups excluding carboxylic acids is 1. The number of hydrogen-bond donors (Lipinski definition) is 2. The molecule has 0 aliphatic carbocycles. The van der Waals surface area contributed by atoms with Crippen LogP contribution in [0.1, 0.15) is 39.2 Å². The van der Waals surface area contributed by atoms with Crippen LogP contribution in [0.15, 0.2) is 30.3 Å². The maximum atomic E-state index is 12.3. The molecule has 1 aromatic rings. The summed E-state index contributed by atoms with van der Waals surface area (Å²) >= 11 is 0. The first-order valence-electron chi connectivity index (χ1n) is 8.17. The molecule has 1 fully saturated rings. The average molecular weight is 288 g/mol.